The van der Waals surface area contributed by atoms with E-state index in [-0.39, 0.29) is 0 Å². The predicted molar refractivity (Wildman–Crippen MR) is 75.7 cm³/mol. The molecule has 0 saturated carbocycles. The van der Waals surface area contributed by atoms with Gasteiger partial charge < -0.3 is 5.32 Å². The molecule has 0 amide bonds. The van der Waals surface area contributed by atoms with Gasteiger partial charge in [-0.25, -0.2) is 0 Å². The molecular weight excluding hydrogens is 228 g/mol. The first kappa shape index (κ1) is 12.3. The fraction of sp³-hybridized carbons (Fsp3) is 1.00. The van der Waals surface area contributed by atoms with Gasteiger partial charge in [0.15, 0.2) is 0 Å². The number of hydrogen-bond acceptors (Lipinski definition) is 3. The zero-order valence-corrected chi connectivity index (χ0v) is 11.7. The highest BCUT2D eigenvalue weighted by Crippen LogP contribution is 2.29. The third-order valence-corrected chi connectivity index (χ3v) is 5.98. The van der Waals surface area contributed by atoms with Gasteiger partial charge in [0, 0.05) is 18.6 Å². The molecular formula is C14H26N2S. The maximum Gasteiger partial charge on any atom is 0.0249 e. The van der Waals surface area contributed by atoms with E-state index in [0.717, 1.165) is 18.0 Å². The Morgan fingerprint density at radius 3 is 2.88 bits per heavy atom. The Balaban J connectivity index is 1.58. The number of hydrogen-bond donors (Lipinski definition) is 1. The van der Waals surface area contributed by atoms with Gasteiger partial charge in [-0.05, 0) is 62.6 Å². The molecule has 0 aliphatic carbocycles. The molecule has 0 spiro atoms. The number of rotatable bonds is 3. The molecule has 17 heavy (non-hydrogen) atoms. The van der Waals surface area contributed by atoms with Crippen molar-refractivity contribution in [2.45, 2.75) is 50.6 Å². The second-order valence-corrected chi connectivity index (χ2v) is 7.14. The minimum absolute atomic E-state index is 0.810. The SMILES string of the molecule is C1CNC(C2CCCCN2CC2CCSC2)C1. The van der Waals surface area contributed by atoms with Gasteiger partial charge in [0.05, 0.1) is 0 Å². The topological polar surface area (TPSA) is 15.3 Å². The van der Waals surface area contributed by atoms with E-state index in [1.165, 1.54) is 69.7 Å². The number of likely N-dealkylation sites (tertiary alicyclic amines) is 1. The van der Waals surface area contributed by atoms with Gasteiger partial charge in [0.1, 0.15) is 0 Å². The molecule has 2 nitrogen and oxygen atoms in total. The van der Waals surface area contributed by atoms with Crippen LogP contribution in [0.4, 0.5) is 0 Å². The van der Waals surface area contributed by atoms with Crippen molar-refractivity contribution < 1.29 is 0 Å². The summed E-state index contributed by atoms with van der Waals surface area (Å²) < 4.78 is 0. The quantitative estimate of drug-likeness (QED) is 0.832. The van der Waals surface area contributed by atoms with Crippen LogP contribution >= 0.6 is 11.8 Å². The summed E-state index contributed by atoms with van der Waals surface area (Å²) in [4.78, 5) is 2.84. The Morgan fingerprint density at radius 2 is 2.12 bits per heavy atom. The summed E-state index contributed by atoms with van der Waals surface area (Å²) in [6, 6.07) is 1.67. The van der Waals surface area contributed by atoms with Gasteiger partial charge >= 0.3 is 0 Å². The van der Waals surface area contributed by atoms with Crippen molar-refractivity contribution in [2.24, 2.45) is 5.92 Å². The molecule has 3 unspecified atom stereocenters. The number of nitrogens with one attached hydrogen (secondary N) is 1. The molecule has 0 bridgehead atoms. The lowest BCUT2D eigenvalue weighted by Crippen LogP contribution is -2.51. The predicted octanol–water partition coefficient (Wildman–Crippen LogP) is 2.35. The van der Waals surface area contributed by atoms with Crippen LogP contribution < -0.4 is 5.32 Å². The lowest BCUT2D eigenvalue weighted by molar-refractivity contribution is 0.105. The Morgan fingerprint density at radius 1 is 1.12 bits per heavy atom. The largest absolute Gasteiger partial charge is 0.312 e. The molecule has 0 aromatic rings. The molecule has 0 radical (unpaired) electrons. The summed E-state index contributed by atoms with van der Waals surface area (Å²) in [7, 11) is 0. The van der Waals surface area contributed by atoms with Gasteiger partial charge in [0.25, 0.3) is 0 Å². The third-order valence-electron chi connectivity index (χ3n) is 4.74. The van der Waals surface area contributed by atoms with E-state index in [9.17, 15) is 0 Å². The van der Waals surface area contributed by atoms with Crippen molar-refractivity contribution in [2.75, 3.05) is 31.1 Å². The summed E-state index contributed by atoms with van der Waals surface area (Å²) in [6.07, 6.45) is 8.61. The van der Waals surface area contributed by atoms with Gasteiger partial charge in [-0.3, -0.25) is 4.90 Å². The molecule has 3 rings (SSSR count). The van der Waals surface area contributed by atoms with Crippen LogP contribution in [-0.4, -0.2) is 48.1 Å². The van der Waals surface area contributed by atoms with E-state index in [4.69, 9.17) is 0 Å². The van der Waals surface area contributed by atoms with E-state index in [1.54, 1.807) is 0 Å². The van der Waals surface area contributed by atoms with E-state index in [2.05, 4.69) is 22.0 Å². The molecule has 3 fully saturated rings. The highest BCUT2D eigenvalue weighted by molar-refractivity contribution is 7.99. The van der Waals surface area contributed by atoms with Crippen molar-refractivity contribution in [1.82, 2.24) is 10.2 Å². The van der Waals surface area contributed by atoms with Gasteiger partial charge in [-0.1, -0.05) is 6.42 Å². The molecule has 3 aliphatic heterocycles. The summed E-state index contributed by atoms with van der Waals surface area (Å²) in [6.45, 7) is 4.01. The van der Waals surface area contributed by atoms with Crippen molar-refractivity contribution in [1.29, 1.82) is 0 Å². The second kappa shape index (κ2) is 5.94. The minimum atomic E-state index is 0.810. The zero-order valence-electron chi connectivity index (χ0n) is 10.9. The maximum absolute atomic E-state index is 3.73. The summed E-state index contributed by atoms with van der Waals surface area (Å²) in [5, 5.41) is 3.73. The van der Waals surface area contributed by atoms with Crippen LogP contribution in [0.2, 0.25) is 0 Å². The molecule has 3 atom stereocenters. The molecule has 3 heteroatoms. The monoisotopic (exact) mass is 254 g/mol. The Bertz CT molecular complexity index is 234. The van der Waals surface area contributed by atoms with E-state index < -0.39 is 0 Å². The molecule has 0 aromatic heterocycles. The Kier molecular flexibility index (Phi) is 4.30. The van der Waals surface area contributed by atoms with Crippen molar-refractivity contribution in [3.8, 4) is 0 Å². The van der Waals surface area contributed by atoms with E-state index in [0.29, 0.717) is 0 Å². The van der Waals surface area contributed by atoms with Gasteiger partial charge in [-0.2, -0.15) is 11.8 Å². The normalized spacial score (nSPS) is 39.9. The second-order valence-electron chi connectivity index (χ2n) is 5.99. The first-order valence-electron chi connectivity index (χ1n) is 7.48. The smallest absolute Gasteiger partial charge is 0.0249 e. The average Bonchev–Trinajstić information content (AvgIpc) is 3.01. The standard InChI is InChI=1S/C14H26N2S/c1-2-8-16(10-12-6-9-17-11-12)14(5-1)13-4-3-7-15-13/h12-15H,1-11H2. The fourth-order valence-corrected chi connectivity index (χ4v) is 5.07. The first-order chi connectivity index (χ1) is 8.43. The highest BCUT2D eigenvalue weighted by atomic mass is 32.2. The van der Waals surface area contributed by atoms with Crippen molar-refractivity contribution >= 4 is 11.8 Å². The van der Waals surface area contributed by atoms with Crippen LogP contribution in [-0.2, 0) is 0 Å². The van der Waals surface area contributed by atoms with Crippen LogP contribution in [0, 0.1) is 5.92 Å². The molecule has 0 aromatic carbocycles. The van der Waals surface area contributed by atoms with Crippen LogP contribution in [0.15, 0.2) is 0 Å². The summed E-state index contributed by atoms with van der Waals surface area (Å²) >= 11 is 2.16. The van der Waals surface area contributed by atoms with Crippen LogP contribution in [0.25, 0.3) is 0 Å². The minimum Gasteiger partial charge on any atom is -0.312 e. The molecule has 3 aliphatic rings. The Hall–Kier alpha value is 0.270. The first-order valence-corrected chi connectivity index (χ1v) is 8.64. The highest BCUT2D eigenvalue weighted by Gasteiger charge is 2.32. The average molecular weight is 254 g/mol. The lowest BCUT2D eigenvalue weighted by atomic mass is 9.93. The zero-order chi connectivity index (χ0) is 11.5. The summed E-state index contributed by atoms with van der Waals surface area (Å²) in [5.41, 5.74) is 0. The van der Waals surface area contributed by atoms with E-state index >= 15 is 0 Å². The van der Waals surface area contributed by atoms with Crippen LogP contribution in [0.3, 0.4) is 0 Å². The van der Waals surface area contributed by atoms with Crippen LogP contribution in [0.1, 0.15) is 38.5 Å². The molecule has 1 N–H and O–H groups in total. The molecule has 3 heterocycles. The molecule has 3 saturated heterocycles. The van der Waals surface area contributed by atoms with E-state index in [1.807, 2.05) is 0 Å². The van der Waals surface area contributed by atoms with Crippen LogP contribution in [0.5, 0.6) is 0 Å². The third kappa shape index (κ3) is 2.99. The number of piperidine rings is 1. The number of nitrogens with zero attached hydrogens (tertiary/aromatic N) is 1. The fourth-order valence-electron chi connectivity index (χ4n) is 3.80. The summed E-state index contributed by atoms with van der Waals surface area (Å²) in [5.74, 6) is 3.81. The van der Waals surface area contributed by atoms with Crippen molar-refractivity contribution in [3.05, 3.63) is 0 Å². The van der Waals surface area contributed by atoms with Gasteiger partial charge in [0.2, 0.25) is 0 Å². The number of thioether (sulfide) groups is 1. The lowest BCUT2D eigenvalue weighted by Gasteiger charge is -2.40. The maximum atomic E-state index is 3.73. The molecule has 98 valence electrons. The van der Waals surface area contributed by atoms with Crippen molar-refractivity contribution in [3.63, 3.8) is 0 Å². The Labute approximate surface area is 110 Å². The van der Waals surface area contributed by atoms with Gasteiger partial charge in [-0.15, -0.1) is 0 Å².